The van der Waals surface area contributed by atoms with E-state index in [-0.39, 0.29) is 11.3 Å². The van der Waals surface area contributed by atoms with Gasteiger partial charge in [0.1, 0.15) is 0 Å². The molecule has 2 aliphatic carbocycles. The van der Waals surface area contributed by atoms with Crippen LogP contribution in [0.25, 0.3) is 11.1 Å². The summed E-state index contributed by atoms with van der Waals surface area (Å²) in [6, 6.07) is 11.0. The lowest BCUT2D eigenvalue weighted by atomic mass is 9.85. The highest BCUT2D eigenvalue weighted by Crippen LogP contribution is 2.50. The number of rotatable bonds is 8. The normalized spacial score (nSPS) is 22.8. The van der Waals surface area contributed by atoms with Crippen molar-refractivity contribution in [1.29, 1.82) is 0 Å². The third kappa shape index (κ3) is 4.17. The zero-order valence-corrected chi connectivity index (χ0v) is 18.1. The van der Waals surface area contributed by atoms with Gasteiger partial charge in [0.2, 0.25) is 5.82 Å². The average Bonchev–Trinajstić information content (AvgIpc) is 3.34. The summed E-state index contributed by atoms with van der Waals surface area (Å²) in [6.45, 7) is 4.36. The molecule has 0 radical (unpaired) electrons. The zero-order chi connectivity index (χ0) is 21.1. The van der Waals surface area contributed by atoms with Gasteiger partial charge in [-0.2, -0.15) is 4.39 Å². The molecule has 30 heavy (non-hydrogen) atoms. The largest absolute Gasteiger partial charge is 0.491 e. The van der Waals surface area contributed by atoms with Crippen molar-refractivity contribution in [3.05, 3.63) is 65.2 Å². The molecule has 2 aromatic rings. The van der Waals surface area contributed by atoms with Crippen LogP contribution in [-0.2, 0) is 6.42 Å². The summed E-state index contributed by atoms with van der Waals surface area (Å²) in [6.07, 6.45) is 11.3. The van der Waals surface area contributed by atoms with Crippen LogP contribution in [0.3, 0.4) is 0 Å². The fourth-order valence-corrected chi connectivity index (χ4v) is 5.58. The van der Waals surface area contributed by atoms with Crippen molar-refractivity contribution in [1.82, 2.24) is 0 Å². The Hall–Kier alpha value is -2.16. The van der Waals surface area contributed by atoms with Crippen LogP contribution >= 0.6 is 0 Å². The first-order valence-electron chi connectivity index (χ1n) is 11.5. The molecule has 160 valence electrons. The summed E-state index contributed by atoms with van der Waals surface area (Å²) in [7, 11) is 0. The van der Waals surface area contributed by atoms with Gasteiger partial charge in [-0.25, -0.2) is 4.39 Å². The van der Waals surface area contributed by atoms with E-state index < -0.39 is 11.6 Å². The van der Waals surface area contributed by atoms with E-state index in [1.54, 1.807) is 18.6 Å². The van der Waals surface area contributed by atoms with E-state index in [4.69, 9.17) is 4.74 Å². The Morgan fingerprint density at radius 1 is 0.933 bits per heavy atom. The summed E-state index contributed by atoms with van der Waals surface area (Å²) in [5.41, 5.74) is 3.87. The van der Waals surface area contributed by atoms with Crippen LogP contribution in [0.4, 0.5) is 8.78 Å². The van der Waals surface area contributed by atoms with Gasteiger partial charge in [0.05, 0.1) is 6.61 Å². The van der Waals surface area contributed by atoms with E-state index in [2.05, 4.69) is 13.0 Å². The highest BCUT2D eigenvalue weighted by Gasteiger charge is 2.39. The number of aryl methyl sites for hydroxylation is 1. The van der Waals surface area contributed by atoms with Crippen molar-refractivity contribution in [2.45, 2.75) is 58.8 Å². The SMILES string of the molecule is CCCC1CCC2C(CCc3ccc(-c4ccc(OCC)c(F)c4F)cc3)=CCC12. The number of hydrogen-bond acceptors (Lipinski definition) is 1. The molecule has 3 atom stereocenters. The molecule has 0 bridgehead atoms. The Kier molecular flexibility index (Phi) is 6.55. The predicted octanol–water partition coefficient (Wildman–Crippen LogP) is 7.74. The number of benzene rings is 2. The molecule has 2 aliphatic rings. The molecule has 0 N–H and O–H groups in total. The van der Waals surface area contributed by atoms with Crippen molar-refractivity contribution < 1.29 is 13.5 Å². The monoisotopic (exact) mass is 410 g/mol. The summed E-state index contributed by atoms with van der Waals surface area (Å²) in [5.74, 6) is 0.823. The first kappa shape index (κ1) is 21.1. The van der Waals surface area contributed by atoms with Crippen LogP contribution in [0.2, 0.25) is 0 Å². The molecular formula is C27H32F2O. The van der Waals surface area contributed by atoms with Crippen LogP contribution in [0.15, 0.2) is 48.0 Å². The van der Waals surface area contributed by atoms with E-state index in [0.717, 1.165) is 30.6 Å². The fraction of sp³-hybridized carbons (Fsp3) is 0.481. The molecule has 0 saturated heterocycles. The Morgan fingerprint density at radius 3 is 2.47 bits per heavy atom. The van der Waals surface area contributed by atoms with Crippen LogP contribution in [0, 0.1) is 29.4 Å². The highest BCUT2D eigenvalue weighted by atomic mass is 19.2. The van der Waals surface area contributed by atoms with E-state index in [0.29, 0.717) is 12.2 Å². The maximum absolute atomic E-state index is 14.5. The second kappa shape index (κ2) is 9.32. The van der Waals surface area contributed by atoms with E-state index in [1.165, 1.54) is 43.7 Å². The summed E-state index contributed by atoms with van der Waals surface area (Å²) in [4.78, 5) is 0. The number of ether oxygens (including phenoxy) is 1. The maximum Gasteiger partial charge on any atom is 0.201 e. The molecule has 4 rings (SSSR count). The molecule has 2 aromatic carbocycles. The minimum atomic E-state index is -0.918. The summed E-state index contributed by atoms with van der Waals surface area (Å²) in [5, 5.41) is 0. The standard InChI is InChI=1S/C27H32F2O/c1-3-5-19-12-14-23-20(13-15-22(19)23)9-6-18-7-10-21(11-8-18)24-16-17-25(30-4-2)27(29)26(24)28/h7-8,10-11,13,16-17,19,22-23H,3-6,9,12,14-15H2,1-2H3. The molecule has 1 fully saturated rings. The number of fused-ring (bicyclic) bond motifs is 1. The van der Waals surface area contributed by atoms with Crippen LogP contribution in [0.5, 0.6) is 5.75 Å². The Balaban J connectivity index is 1.39. The van der Waals surface area contributed by atoms with Crippen molar-refractivity contribution in [3.63, 3.8) is 0 Å². The first-order valence-corrected chi connectivity index (χ1v) is 11.5. The van der Waals surface area contributed by atoms with E-state index in [1.807, 2.05) is 24.3 Å². The molecule has 1 saturated carbocycles. The third-order valence-electron chi connectivity index (χ3n) is 7.07. The van der Waals surface area contributed by atoms with Gasteiger partial charge in [0, 0.05) is 5.56 Å². The van der Waals surface area contributed by atoms with Gasteiger partial charge in [-0.1, -0.05) is 55.7 Å². The highest BCUT2D eigenvalue weighted by molar-refractivity contribution is 5.65. The number of halogens is 2. The number of hydrogen-bond donors (Lipinski definition) is 0. The smallest absolute Gasteiger partial charge is 0.201 e. The second-order valence-electron chi connectivity index (χ2n) is 8.78. The zero-order valence-electron chi connectivity index (χ0n) is 18.1. The number of allylic oxidation sites excluding steroid dienone is 2. The minimum absolute atomic E-state index is 0.0356. The minimum Gasteiger partial charge on any atom is -0.491 e. The van der Waals surface area contributed by atoms with Gasteiger partial charge in [0.15, 0.2) is 11.6 Å². The lowest BCUT2D eigenvalue weighted by molar-refractivity contribution is 0.314. The Bertz CT molecular complexity index is 900. The van der Waals surface area contributed by atoms with Crippen molar-refractivity contribution >= 4 is 0 Å². The van der Waals surface area contributed by atoms with E-state index >= 15 is 0 Å². The molecule has 1 nitrogen and oxygen atoms in total. The molecule has 0 spiro atoms. The second-order valence-corrected chi connectivity index (χ2v) is 8.78. The summed E-state index contributed by atoms with van der Waals surface area (Å²) >= 11 is 0. The van der Waals surface area contributed by atoms with Gasteiger partial charge < -0.3 is 4.74 Å². The van der Waals surface area contributed by atoms with Gasteiger partial charge in [-0.05, 0) is 80.0 Å². The quantitative estimate of drug-likeness (QED) is 0.405. The van der Waals surface area contributed by atoms with Crippen LogP contribution in [-0.4, -0.2) is 6.61 Å². The van der Waals surface area contributed by atoms with Gasteiger partial charge in [0.25, 0.3) is 0 Å². The Morgan fingerprint density at radius 2 is 1.73 bits per heavy atom. The van der Waals surface area contributed by atoms with E-state index in [9.17, 15) is 8.78 Å². The molecule has 0 amide bonds. The topological polar surface area (TPSA) is 9.23 Å². The third-order valence-corrected chi connectivity index (χ3v) is 7.07. The van der Waals surface area contributed by atoms with Gasteiger partial charge >= 0.3 is 0 Å². The lowest BCUT2D eigenvalue weighted by Gasteiger charge is -2.19. The van der Waals surface area contributed by atoms with Gasteiger partial charge in [-0.3, -0.25) is 0 Å². The van der Waals surface area contributed by atoms with Crippen molar-refractivity contribution in [3.8, 4) is 16.9 Å². The fourth-order valence-electron chi connectivity index (χ4n) is 5.58. The maximum atomic E-state index is 14.5. The Labute approximate surface area is 179 Å². The van der Waals surface area contributed by atoms with Crippen molar-refractivity contribution in [2.75, 3.05) is 6.61 Å². The predicted molar refractivity (Wildman–Crippen MR) is 119 cm³/mol. The molecule has 0 aliphatic heterocycles. The average molecular weight is 411 g/mol. The van der Waals surface area contributed by atoms with Gasteiger partial charge in [-0.15, -0.1) is 0 Å². The van der Waals surface area contributed by atoms with Crippen LogP contribution < -0.4 is 4.74 Å². The van der Waals surface area contributed by atoms with Crippen LogP contribution in [0.1, 0.15) is 57.9 Å². The molecular weight excluding hydrogens is 378 g/mol. The molecule has 0 heterocycles. The molecule has 3 unspecified atom stereocenters. The molecule has 3 heteroatoms. The first-order chi connectivity index (χ1) is 14.6. The van der Waals surface area contributed by atoms with Crippen molar-refractivity contribution in [2.24, 2.45) is 17.8 Å². The summed E-state index contributed by atoms with van der Waals surface area (Å²) < 4.78 is 33.8. The lowest BCUT2D eigenvalue weighted by Crippen LogP contribution is -2.11. The molecule has 0 aromatic heterocycles.